The van der Waals surface area contributed by atoms with E-state index in [0.29, 0.717) is 10.6 Å². The number of aromatic nitrogens is 2. The van der Waals surface area contributed by atoms with Crippen molar-refractivity contribution in [1.29, 1.82) is 0 Å². The largest absolute Gasteiger partial charge is 0.377 e. The number of aromatic amines is 1. The number of benzene rings is 1. The normalized spacial score (nSPS) is 10.2. The number of halogens is 1. The van der Waals surface area contributed by atoms with Crippen LogP contribution in [0.15, 0.2) is 33.6 Å². The zero-order chi connectivity index (χ0) is 9.26. The Morgan fingerprint density at radius 3 is 2.92 bits per heavy atom. The van der Waals surface area contributed by atoms with Crippen molar-refractivity contribution >= 4 is 11.6 Å². The van der Waals surface area contributed by atoms with E-state index in [-0.39, 0.29) is 5.89 Å². The molecule has 0 aliphatic rings. The van der Waals surface area contributed by atoms with E-state index in [9.17, 15) is 4.79 Å². The topological polar surface area (TPSA) is 58.9 Å². The summed E-state index contributed by atoms with van der Waals surface area (Å²) in [5.41, 5.74) is 0.167. The minimum atomic E-state index is -0.505. The molecule has 0 radical (unpaired) electrons. The summed E-state index contributed by atoms with van der Waals surface area (Å²) in [6.07, 6.45) is 0. The molecule has 2 aromatic rings. The number of hydrogen-bond donors (Lipinski definition) is 1. The lowest BCUT2D eigenvalue weighted by atomic mass is 10.2. The minimum absolute atomic E-state index is 0.243. The van der Waals surface area contributed by atoms with Crippen LogP contribution in [0.1, 0.15) is 0 Å². The van der Waals surface area contributed by atoms with E-state index in [2.05, 4.69) is 10.1 Å². The van der Waals surface area contributed by atoms with Crippen molar-refractivity contribution < 1.29 is 4.52 Å². The lowest BCUT2D eigenvalue weighted by Crippen LogP contribution is -1.99. The van der Waals surface area contributed by atoms with Crippen molar-refractivity contribution in [3.63, 3.8) is 0 Å². The molecule has 0 spiro atoms. The Morgan fingerprint density at radius 2 is 2.31 bits per heavy atom. The van der Waals surface area contributed by atoms with E-state index < -0.39 is 5.69 Å². The Hall–Kier alpha value is -1.55. The Bertz CT molecular complexity index is 475. The Balaban J connectivity index is 2.52. The molecule has 4 nitrogen and oxygen atoms in total. The molecule has 0 saturated heterocycles. The van der Waals surface area contributed by atoms with Crippen LogP contribution in [0.4, 0.5) is 0 Å². The summed E-state index contributed by atoms with van der Waals surface area (Å²) < 4.78 is 4.80. The number of rotatable bonds is 1. The Kier molecular flexibility index (Phi) is 1.90. The second-order valence-corrected chi connectivity index (χ2v) is 2.87. The molecule has 0 unspecified atom stereocenters. The van der Waals surface area contributed by atoms with Crippen LogP contribution < -0.4 is 5.69 Å². The third-order valence-corrected chi connectivity index (χ3v) is 1.74. The summed E-state index contributed by atoms with van der Waals surface area (Å²) in [6, 6.07) is 6.91. The highest BCUT2D eigenvalue weighted by atomic mass is 35.5. The Morgan fingerprint density at radius 1 is 1.46 bits per heavy atom. The fraction of sp³-hybridized carbons (Fsp3) is 0. The average Bonchev–Trinajstić information content (AvgIpc) is 2.52. The van der Waals surface area contributed by atoms with E-state index in [4.69, 9.17) is 16.1 Å². The first-order valence-corrected chi connectivity index (χ1v) is 3.95. The fourth-order valence-corrected chi connectivity index (χ4v) is 1.17. The average molecular weight is 197 g/mol. The third kappa shape index (κ3) is 1.62. The van der Waals surface area contributed by atoms with Gasteiger partial charge in [-0.2, -0.15) is 10.1 Å². The summed E-state index contributed by atoms with van der Waals surface area (Å²) in [5.74, 6) is 0.243. The molecule has 0 amide bonds. The second-order valence-electron chi connectivity index (χ2n) is 2.44. The first-order valence-electron chi connectivity index (χ1n) is 3.57. The van der Waals surface area contributed by atoms with Gasteiger partial charge in [0.2, 0.25) is 0 Å². The molecule has 0 saturated carbocycles. The highest BCUT2D eigenvalue weighted by Crippen LogP contribution is 2.18. The van der Waals surface area contributed by atoms with Crippen molar-refractivity contribution in [2.75, 3.05) is 0 Å². The van der Waals surface area contributed by atoms with E-state index in [1.807, 2.05) is 0 Å². The van der Waals surface area contributed by atoms with Crippen LogP contribution in [0, 0.1) is 0 Å². The molecule has 1 heterocycles. The van der Waals surface area contributed by atoms with Crippen molar-refractivity contribution in [1.82, 2.24) is 10.1 Å². The molecule has 0 aliphatic carbocycles. The molecule has 5 heteroatoms. The maximum Gasteiger partial charge on any atom is 0.377 e. The summed E-state index contributed by atoms with van der Waals surface area (Å²) in [7, 11) is 0. The van der Waals surface area contributed by atoms with Gasteiger partial charge >= 0.3 is 5.69 Å². The van der Waals surface area contributed by atoms with Crippen LogP contribution in [-0.4, -0.2) is 10.1 Å². The van der Waals surface area contributed by atoms with Crippen LogP contribution in [0.25, 0.3) is 11.5 Å². The molecule has 1 N–H and O–H groups in total. The zero-order valence-corrected chi connectivity index (χ0v) is 7.21. The lowest BCUT2D eigenvalue weighted by Gasteiger charge is -1.93. The lowest BCUT2D eigenvalue weighted by molar-refractivity contribution is 0.424. The molecular formula is C8H5ClN2O2. The number of nitrogens with one attached hydrogen (secondary N) is 1. The van der Waals surface area contributed by atoms with Crippen molar-refractivity contribution in [3.05, 3.63) is 39.8 Å². The van der Waals surface area contributed by atoms with Crippen LogP contribution >= 0.6 is 11.6 Å². The quantitative estimate of drug-likeness (QED) is 0.755. The molecular weight excluding hydrogens is 192 g/mol. The van der Waals surface area contributed by atoms with Crippen LogP contribution in [0.5, 0.6) is 0 Å². The minimum Gasteiger partial charge on any atom is -0.357 e. The van der Waals surface area contributed by atoms with Gasteiger partial charge in [0.15, 0.2) is 0 Å². The second kappa shape index (κ2) is 3.06. The molecule has 0 bridgehead atoms. The van der Waals surface area contributed by atoms with Gasteiger partial charge in [-0.05, 0) is 18.2 Å². The molecule has 13 heavy (non-hydrogen) atoms. The molecule has 0 fully saturated rings. The highest BCUT2D eigenvalue weighted by molar-refractivity contribution is 6.30. The van der Waals surface area contributed by atoms with Crippen LogP contribution in [0.2, 0.25) is 5.02 Å². The van der Waals surface area contributed by atoms with E-state index in [1.54, 1.807) is 24.3 Å². The molecule has 0 aliphatic heterocycles. The number of hydrogen-bond acceptors (Lipinski definition) is 3. The van der Waals surface area contributed by atoms with Crippen molar-refractivity contribution in [3.8, 4) is 11.5 Å². The van der Waals surface area contributed by atoms with Gasteiger partial charge in [-0.25, -0.2) is 4.79 Å². The predicted octanol–water partition coefficient (Wildman–Crippen LogP) is 1.68. The molecule has 1 aromatic heterocycles. The predicted molar refractivity (Wildman–Crippen MR) is 47.6 cm³/mol. The third-order valence-electron chi connectivity index (χ3n) is 1.51. The van der Waals surface area contributed by atoms with Crippen LogP contribution in [0.3, 0.4) is 0 Å². The first kappa shape index (κ1) is 8.07. The number of nitrogens with zero attached hydrogens (tertiary/aromatic N) is 1. The molecule has 2 rings (SSSR count). The highest BCUT2D eigenvalue weighted by Gasteiger charge is 2.04. The van der Waals surface area contributed by atoms with Gasteiger partial charge in [0.05, 0.1) is 0 Å². The van der Waals surface area contributed by atoms with Crippen molar-refractivity contribution in [2.45, 2.75) is 0 Å². The zero-order valence-electron chi connectivity index (χ0n) is 6.45. The fourth-order valence-electron chi connectivity index (χ4n) is 0.975. The summed E-state index contributed by atoms with van der Waals surface area (Å²) >= 11 is 5.74. The molecule has 0 atom stereocenters. The van der Waals surface area contributed by atoms with Crippen molar-refractivity contribution in [2.24, 2.45) is 0 Å². The standard InChI is InChI=1S/C8H5ClN2O2/c9-6-3-1-2-5(4-6)7-10-8(12)11-13-7/h1-4H,(H,11,12). The van der Waals surface area contributed by atoms with Gasteiger partial charge < -0.3 is 4.52 Å². The van der Waals surface area contributed by atoms with Gasteiger partial charge in [-0.1, -0.05) is 17.7 Å². The van der Waals surface area contributed by atoms with Gasteiger partial charge in [0.1, 0.15) is 0 Å². The smallest absolute Gasteiger partial charge is 0.357 e. The maximum atomic E-state index is 10.7. The van der Waals surface area contributed by atoms with Gasteiger partial charge in [0, 0.05) is 10.6 Å². The maximum absolute atomic E-state index is 10.7. The van der Waals surface area contributed by atoms with Gasteiger partial charge in [-0.3, -0.25) is 0 Å². The van der Waals surface area contributed by atoms with Crippen LogP contribution in [-0.2, 0) is 0 Å². The Labute approximate surface area is 78.1 Å². The summed E-state index contributed by atoms with van der Waals surface area (Å²) in [4.78, 5) is 14.2. The van der Waals surface area contributed by atoms with Gasteiger partial charge in [-0.15, -0.1) is 0 Å². The van der Waals surface area contributed by atoms with E-state index >= 15 is 0 Å². The summed E-state index contributed by atoms with van der Waals surface area (Å²) in [6.45, 7) is 0. The molecule has 66 valence electrons. The summed E-state index contributed by atoms with van der Waals surface area (Å²) in [5, 5.41) is 2.67. The van der Waals surface area contributed by atoms with E-state index in [1.165, 1.54) is 0 Å². The van der Waals surface area contributed by atoms with E-state index in [0.717, 1.165) is 0 Å². The monoisotopic (exact) mass is 196 g/mol. The molecule has 1 aromatic carbocycles. The first-order chi connectivity index (χ1) is 6.25. The SMILES string of the molecule is O=c1nc(-c2cccc(Cl)c2)o[nH]1. The number of H-pyrrole nitrogens is 1. The van der Waals surface area contributed by atoms with Gasteiger partial charge in [0.25, 0.3) is 5.89 Å².